The van der Waals surface area contributed by atoms with Crippen molar-refractivity contribution in [3.8, 4) is 5.75 Å². The van der Waals surface area contributed by atoms with Gasteiger partial charge in [0.15, 0.2) is 0 Å². The summed E-state index contributed by atoms with van der Waals surface area (Å²) in [4.78, 5) is 25.1. The Morgan fingerprint density at radius 3 is 2.31 bits per heavy atom. The maximum Gasteiger partial charge on any atom is 0.355 e. The lowest BCUT2D eigenvalue weighted by Crippen LogP contribution is -2.29. The normalized spacial score (nSPS) is 11.3. The maximum absolute atomic E-state index is 12.6. The smallest absolute Gasteiger partial charge is 0.355 e. The second kappa shape index (κ2) is 11.3. The van der Waals surface area contributed by atoms with Gasteiger partial charge in [-0.1, -0.05) is 37.1 Å². The summed E-state index contributed by atoms with van der Waals surface area (Å²) in [6, 6.07) is 13.7. The van der Waals surface area contributed by atoms with Gasteiger partial charge >= 0.3 is 5.97 Å². The first-order valence-electron chi connectivity index (χ1n) is 9.61. The van der Waals surface area contributed by atoms with E-state index in [1.807, 2.05) is 0 Å². The molecule has 0 saturated heterocycles. The average Bonchev–Trinajstić information content (AvgIpc) is 2.69. The molecular formula is C23H26ClNO4. The van der Waals surface area contributed by atoms with Gasteiger partial charge < -0.3 is 14.8 Å². The minimum Gasteiger partial charge on any atom is -0.494 e. The van der Waals surface area contributed by atoms with Gasteiger partial charge in [0.05, 0.1) is 12.7 Å². The molecule has 2 aromatic carbocycles. The summed E-state index contributed by atoms with van der Waals surface area (Å²) in [5.74, 6) is -0.319. The molecular weight excluding hydrogens is 390 g/mol. The van der Waals surface area contributed by atoms with Crippen molar-refractivity contribution < 1.29 is 19.1 Å². The van der Waals surface area contributed by atoms with Gasteiger partial charge in [0.25, 0.3) is 5.91 Å². The molecule has 29 heavy (non-hydrogen) atoms. The third kappa shape index (κ3) is 7.62. The number of hydrogen-bond acceptors (Lipinski definition) is 4. The van der Waals surface area contributed by atoms with Crippen LogP contribution in [-0.2, 0) is 9.53 Å². The van der Waals surface area contributed by atoms with E-state index in [4.69, 9.17) is 21.1 Å². The lowest BCUT2D eigenvalue weighted by molar-refractivity contribution is -0.142. The minimum absolute atomic E-state index is 0.0503. The quantitative estimate of drug-likeness (QED) is 0.345. The predicted molar refractivity (Wildman–Crippen MR) is 115 cm³/mol. The highest BCUT2D eigenvalue weighted by atomic mass is 35.5. The fraction of sp³-hybridized carbons (Fsp3) is 0.304. The molecule has 154 valence electrons. The van der Waals surface area contributed by atoms with Crippen LogP contribution in [0.2, 0.25) is 5.02 Å². The Morgan fingerprint density at radius 2 is 1.72 bits per heavy atom. The zero-order valence-corrected chi connectivity index (χ0v) is 17.7. The van der Waals surface area contributed by atoms with Gasteiger partial charge in [-0.05, 0) is 68.3 Å². The highest BCUT2D eigenvalue weighted by Crippen LogP contribution is 2.15. The van der Waals surface area contributed by atoms with Gasteiger partial charge in [-0.15, -0.1) is 0 Å². The lowest BCUT2D eigenvalue weighted by Gasteiger charge is -2.13. The van der Waals surface area contributed by atoms with Gasteiger partial charge in [-0.3, -0.25) is 4.79 Å². The number of hydrogen-bond donors (Lipinski definition) is 1. The van der Waals surface area contributed by atoms with E-state index in [1.165, 1.54) is 0 Å². The van der Waals surface area contributed by atoms with E-state index in [2.05, 4.69) is 12.2 Å². The Balaban J connectivity index is 2.15. The van der Waals surface area contributed by atoms with E-state index in [0.717, 1.165) is 12.8 Å². The first-order valence-corrected chi connectivity index (χ1v) is 9.99. The topological polar surface area (TPSA) is 64.6 Å². The van der Waals surface area contributed by atoms with Gasteiger partial charge in [-0.25, -0.2) is 4.79 Å². The molecule has 0 saturated carbocycles. The van der Waals surface area contributed by atoms with E-state index in [9.17, 15) is 9.59 Å². The van der Waals surface area contributed by atoms with Crippen molar-refractivity contribution in [2.75, 3.05) is 6.61 Å². The van der Waals surface area contributed by atoms with E-state index in [0.29, 0.717) is 28.5 Å². The number of rotatable bonds is 9. The number of amides is 1. The molecule has 2 aromatic rings. The summed E-state index contributed by atoms with van der Waals surface area (Å²) in [6.45, 7) is 6.22. The van der Waals surface area contributed by atoms with Gasteiger partial charge in [-0.2, -0.15) is 0 Å². The SMILES string of the molecule is CCCCOc1ccc(C(=O)N/C(=C\c2ccc(Cl)cc2)C(=O)OC(C)C)cc1. The highest BCUT2D eigenvalue weighted by Gasteiger charge is 2.17. The molecule has 0 heterocycles. The Labute approximate surface area is 176 Å². The summed E-state index contributed by atoms with van der Waals surface area (Å²) < 4.78 is 10.9. The number of benzene rings is 2. The first-order chi connectivity index (χ1) is 13.9. The molecule has 0 fully saturated rings. The van der Waals surface area contributed by atoms with Crippen LogP contribution in [0.15, 0.2) is 54.2 Å². The van der Waals surface area contributed by atoms with Crippen LogP contribution in [-0.4, -0.2) is 24.6 Å². The second-order valence-corrected chi connectivity index (χ2v) is 7.18. The highest BCUT2D eigenvalue weighted by molar-refractivity contribution is 6.30. The van der Waals surface area contributed by atoms with E-state index >= 15 is 0 Å². The lowest BCUT2D eigenvalue weighted by atomic mass is 10.1. The molecule has 0 aliphatic carbocycles. The number of nitrogens with one attached hydrogen (secondary N) is 1. The van der Waals surface area contributed by atoms with E-state index in [-0.39, 0.29) is 11.8 Å². The molecule has 0 aliphatic heterocycles. The zero-order valence-electron chi connectivity index (χ0n) is 16.9. The van der Waals surface area contributed by atoms with Crippen molar-refractivity contribution in [3.05, 3.63) is 70.4 Å². The molecule has 0 spiro atoms. The molecule has 0 aromatic heterocycles. The van der Waals surface area contributed by atoms with Crippen LogP contribution in [0.3, 0.4) is 0 Å². The molecule has 1 N–H and O–H groups in total. The summed E-state index contributed by atoms with van der Waals surface area (Å²) in [5.41, 5.74) is 1.17. The average molecular weight is 416 g/mol. The number of halogens is 1. The van der Waals surface area contributed by atoms with Crippen molar-refractivity contribution >= 4 is 29.6 Å². The van der Waals surface area contributed by atoms with Crippen LogP contribution < -0.4 is 10.1 Å². The third-order valence-electron chi connectivity index (χ3n) is 3.87. The second-order valence-electron chi connectivity index (χ2n) is 6.74. The van der Waals surface area contributed by atoms with Crippen LogP contribution in [0.5, 0.6) is 5.75 Å². The maximum atomic E-state index is 12.6. The third-order valence-corrected chi connectivity index (χ3v) is 4.13. The standard InChI is InChI=1S/C23H26ClNO4/c1-4-5-14-28-20-12-8-18(9-13-20)22(26)25-21(23(27)29-16(2)3)15-17-6-10-19(24)11-7-17/h6-13,15-16H,4-5,14H2,1-3H3,(H,25,26)/b21-15-. The molecule has 2 rings (SSSR count). The van der Waals surface area contributed by atoms with Crippen LogP contribution in [0.1, 0.15) is 49.5 Å². The van der Waals surface area contributed by atoms with Crippen molar-refractivity contribution in [2.24, 2.45) is 0 Å². The fourth-order valence-corrected chi connectivity index (χ4v) is 2.51. The first kappa shape index (κ1) is 22.5. The van der Waals surface area contributed by atoms with Crippen LogP contribution >= 0.6 is 11.6 Å². The summed E-state index contributed by atoms with van der Waals surface area (Å²) in [5, 5.41) is 3.23. The molecule has 0 atom stereocenters. The molecule has 1 amide bonds. The van der Waals surface area contributed by atoms with Crippen LogP contribution in [0.25, 0.3) is 6.08 Å². The van der Waals surface area contributed by atoms with Crippen molar-refractivity contribution in [1.82, 2.24) is 5.32 Å². The summed E-state index contributed by atoms with van der Waals surface area (Å²) in [6.07, 6.45) is 3.27. The number of carbonyl (C=O) groups excluding carboxylic acids is 2. The Kier molecular flexibility index (Phi) is 8.74. The Hall–Kier alpha value is -2.79. The largest absolute Gasteiger partial charge is 0.494 e. The summed E-state index contributed by atoms with van der Waals surface area (Å²) >= 11 is 5.90. The zero-order chi connectivity index (χ0) is 21.2. The minimum atomic E-state index is -0.609. The van der Waals surface area contributed by atoms with Crippen molar-refractivity contribution in [2.45, 2.75) is 39.7 Å². The molecule has 0 bridgehead atoms. The summed E-state index contributed by atoms with van der Waals surface area (Å²) in [7, 11) is 0. The molecule has 5 nitrogen and oxygen atoms in total. The van der Waals surface area contributed by atoms with E-state index in [1.54, 1.807) is 68.5 Å². The van der Waals surface area contributed by atoms with E-state index < -0.39 is 11.9 Å². The molecule has 6 heteroatoms. The van der Waals surface area contributed by atoms with Crippen molar-refractivity contribution in [3.63, 3.8) is 0 Å². The predicted octanol–water partition coefficient (Wildman–Crippen LogP) is 5.24. The number of carbonyl (C=O) groups is 2. The molecule has 0 unspecified atom stereocenters. The Morgan fingerprint density at radius 1 is 1.07 bits per heavy atom. The van der Waals surface area contributed by atoms with Crippen LogP contribution in [0.4, 0.5) is 0 Å². The number of ether oxygens (including phenoxy) is 2. The monoisotopic (exact) mass is 415 g/mol. The van der Waals surface area contributed by atoms with Gasteiger partial charge in [0.2, 0.25) is 0 Å². The number of unbranched alkanes of at least 4 members (excludes halogenated alkanes) is 1. The van der Waals surface area contributed by atoms with Crippen LogP contribution in [0, 0.1) is 0 Å². The van der Waals surface area contributed by atoms with Gasteiger partial charge in [0, 0.05) is 10.6 Å². The number of esters is 1. The molecule has 0 radical (unpaired) electrons. The van der Waals surface area contributed by atoms with Gasteiger partial charge in [0.1, 0.15) is 11.4 Å². The molecule has 0 aliphatic rings. The Bertz CT molecular complexity index is 842. The van der Waals surface area contributed by atoms with Crippen molar-refractivity contribution in [1.29, 1.82) is 0 Å². The fourth-order valence-electron chi connectivity index (χ4n) is 2.38.